The number of hydrogen-bond acceptors (Lipinski definition) is 6. The first-order chi connectivity index (χ1) is 12.6. The van der Waals surface area contributed by atoms with Crippen LogP contribution in [0.2, 0.25) is 10.0 Å². The Hall–Kier alpha value is -2.70. The third-order valence-electron chi connectivity index (χ3n) is 3.53. The summed E-state index contributed by atoms with van der Waals surface area (Å²) in [6.45, 7) is 0. The van der Waals surface area contributed by atoms with Crippen molar-refractivity contribution in [3.8, 4) is 11.5 Å². The van der Waals surface area contributed by atoms with E-state index in [2.05, 4.69) is 20.6 Å². The summed E-state index contributed by atoms with van der Waals surface area (Å²) in [4.78, 5) is 8.44. The van der Waals surface area contributed by atoms with Crippen LogP contribution in [-0.4, -0.2) is 24.2 Å². The second kappa shape index (κ2) is 8.12. The normalized spacial score (nSPS) is 10.3. The fourth-order valence-electron chi connectivity index (χ4n) is 2.27. The molecule has 2 aromatic carbocycles. The van der Waals surface area contributed by atoms with Crippen molar-refractivity contribution in [2.75, 3.05) is 24.9 Å². The summed E-state index contributed by atoms with van der Waals surface area (Å²) in [7, 11) is 3.21. The lowest BCUT2D eigenvalue weighted by Gasteiger charge is -2.13. The maximum Gasteiger partial charge on any atom is 0.142 e. The van der Waals surface area contributed by atoms with Gasteiger partial charge in [0.1, 0.15) is 29.5 Å². The minimum atomic E-state index is 0.463. The highest BCUT2D eigenvalue weighted by molar-refractivity contribution is 6.42. The number of benzene rings is 2. The zero-order valence-corrected chi connectivity index (χ0v) is 15.6. The zero-order valence-electron chi connectivity index (χ0n) is 14.1. The fraction of sp³-hybridized carbons (Fsp3) is 0.111. The number of nitrogens with one attached hydrogen (secondary N) is 2. The van der Waals surface area contributed by atoms with E-state index in [1.165, 1.54) is 6.33 Å². The number of anilines is 4. The standard InChI is InChI=1S/C18H16Cl2N4O2/c1-25-12-4-6-16(26-2)15(8-12)24-18-9-17(21-10-22-18)23-11-3-5-13(19)14(20)7-11/h3-10H,1-2H3,(H2,21,22,23,24). The Morgan fingerprint density at radius 1 is 0.808 bits per heavy atom. The molecule has 134 valence electrons. The van der Waals surface area contributed by atoms with Crippen molar-refractivity contribution in [2.45, 2.75) is 0 Å². The van der Waals surface area contributed by atoms with E-state index in [1.807, 2.05) is 24.3 Å². The SMILES string of the molecule is COc1ccc(OC)c(Nc2cc(Nc3ccc(Cl)c(Cl)c3)ncn2)c1. The molecule has 0 aliphatic carbocycles. The molecule has 0 amide bonds. The Morgan fingerprint density at radius 3 is 2.27 bits per heavy atom. The van der Waals surface area contributed by atoms with Gasteiger partial charge >= 0.3 is 0 Å². The molecule has 0 fully saturated rings. The molecule has 0 radical (unpaired) electrons. The first-order valence-electron chi connectivity index (χ1n) is 7.62. The number of rotatable bonds is 6. The molecule has 2 N–H and O–H groups in total. The molecule has 1 heterocycles. The molecular weight excluding hydrogens is 375 g/mol. The maximum atomic E-state index is 6.04. The van der Waals surface area contributed by atoms with Crippen molar-refractivity contribution < 1.29 is 9.47 Å². The van der Waals surface area contributed by atoms with Crippen molar-refractivity contribution in [1.29, 1.82) is 0 Å². The number of methoxy groups -OCH3 is 2. The fourth-order valence-corrected chi connectivity index (χ4v) is 2.56. The van der Waals surface area contributed by atoms with Gasteiger partial charge < -0.3 is 20.1 Å². The predicted octanol–water partition coefficient (Wildman–Crippen LogP) is 5.29. The van der Waals surface area contributed by atoms with Gasteiger partial charge in [-0.3, -0.25) is 0 Å². The second-order valence-corrected chi connectivity index (χ2v) is 6.05. The third kappa shape index (κ3) is 4.28. The first kappa shape index (κ1) is 18.1. The van der Waals surface area contributed by atoms with Gasteiger partial charge in [-0.25, -0.2) is 9.97 Å². The number of nitrogens with zero attached hydrogens (tertiary/aromatic N) is 2. The van der Waals surface area contributed by atoms with E-state index < -0.39 is 0 Å². The summed E-state index contributed by atoms with van der Waals surface area (Å²) in [6.07, 6.45) is 1.45. The molecule has 3 aromatic rings. The van der Waals surface area contributed by atoms with Gasteiger partial charge in [0, 0.05) is 17.8 Å². The molecule has 6 nitrogen and oxygen atoms in total. The molecule has 0 saturated carbocycles. The second-order valence-electron chi connectivity index (χ2n) is 5.23. The van der Waals surface area contributed by atoms with Crippen LogP contribution in [0.4, 0.5) is 23.0 Å². The number of hydrogen-bond donors (Lipinski definition) is 2. The number of ether oxygens (including phenoxy) is 2. The molecule has 0 atom stereocenters. The van der Waals surface area contributed by atoms with Crippen LogP contribution in [-0.2, 0) is 0 Å². The van der Waals surface area contributed by atoms with Crippen LogP contribution in [0.1, 0.15) is 0 Å². The number of halogens is 2. The summed E-state index contributed by atoms with van der Waals surface area (Å²) in [5, 5.41) is 7.32. The maximum absolute atomic E-state index is 6.04. The minimum Gasteiger partial charge on any atom is -0.497 e. The quantitative estimate of drug-likeness (QED) is 0.595. The van der Waals surface area contributed by atoms with E-state index in [0.717, 1.165) is 11.4 Å². The molecular formula is C18H16Cl2N4O2. The zero-order chi connectivity index (χ0) is 18.5. The third-order valence-corrected chi connectivity index (χ3v) is 4.27. The molecule has 3 rings (SSSR count). The topological polar surface area (TPSA) is 68.3 Å². The minimum absolute atomic E-state index is 0.463. The highest BCUT2D eigenvalue weighted by Crippen LogP contribution is 2.32. The van der Waals surface area contributed by atoms with Gasteiger partial charge in [-0.15, -0.1) is 0 Å². The molecule has 8 heteroatoms. The van der Waals surface area contributed by atoms with Crippen LogP contribution in [0, 0.1) is 0 Å². The van der Waals surface area contributed by atoms with Crippen LogP contribution in [0.3, 0.4) is 0 Å². The summed E-state index contributed by atoms with van der Waals surface area (Å²) < 4.78 is 10.6. The van der Waals surface area contributed by atoms with Crippen LogP contribution in [0.25, 0.3) is 0 Å². The van der Waals surface area contributed by atoms with Gasteiger partial charge in [0.25, 0.3) is 0 Å². The van der Waals surface area contributed by atoms with Gasteiger partial charge in [0.05, 0.1) is 30.0 Å². The summed E-state index contributed by atoms with van der Waals surface area (Å²) >= 11 is 12.0. The van der Waals surface area contributed by atoms with E-state index in [1.54, 1.807) is 32.4 Å². The highest BCUT2D eigenvalue weighted by atomic mass is 35.5. The molecule has 0 aliphatic rings. The Labute approximate surface area is 161 Å². The van der Waals surface area contributed by atoms with Crippen molar-refractivity contribution >= 4 is 46.2 Å². The average molecular weight is 391 g/mol. The number of aromatic nitrogens is 2. The molecule has 1 aromatic heterocycles. The highest BCUT2D eigenvalue weighted by Gasteiger charge is 2.08. The molecule has 26 heavy (non-hydrogen) atoms. The smallest absolute Gasteiger partial charge is 0.142 e. The van der Waals surface area contributed by atoms with Crippen LogP contribution >= 0.6 is 23.2 Å². The summed E-state index contributed by atoms with van der Waals surface area (Å²) in [5.74, 6) is 2.57. The van der Waals surface area contributed by atoms with E-state index in [-0.39, 0.29) is 0 Å². The average Bonchev–Trinajstić information content (AvgIpc) is 2.65. The van der Waals surface area contributed by atoms with Gasteiger partial charge in [-0.1, -0.05) is 23.2 Å². The van der Waals surface area contributed by atoms with Crippen molar-refractivity contribution in [2.24, 2.45) is 0 Å². The van der Waals surface area contributed by atoms with Crippen molar-refractivity contribution in [3.05, 3.63) is 58.8 Å². The molecule has 0 bridgehead atoms. The van der Waals surface area contributed by atoms with Crippen LogP contribution in [0.15, 0.2) is 48.8 Å². The first-order valence-corrected chi connectivity index (χ1v) is 8.38. The van der Waals surface area contributed by atoms with Crippen LogP contribution < -0.4 is 20.1 Å². The lowest BCUT2D eigenvalue weighted by Crippen LogP contribution is -2.00. The van der Waals surface area contributed by atoms with Gasteiger partial charge in [0.2, 0.25) is 0 Å². The summed E-state index contributed by atoms with van der Waals surface area (Å²) in [5.41, 5.74) is 1.49. The molecule has 0 aliphatic heterocycles. The Balaban J connectivity index is 1.82. The van der Waals surface area contributed by atoms with Crippen molar-refractivity contribution in [1.82, 2.24) is 9.97 Å². The lowest BCUT2D eigenvalue weighted by atomic mass is 10.2. The van der Waals surface area contributed by atoms with Gasteiger partial charge in [-0.05, 0) is 30.3 Å². The molecule has 0 spiro atoms. The monoisotopic (exact) mass is 390 g/mol. The van der Waals surface area contributed by atoms with Crippen molar-refractivity contribution in [3.63, 3.8) is 0 Å². The Morgan fingerprint density at radius 2 is 1.58 bits per heavy atom. The van der Waals surface area contributed by atoms with Gasteiger partial charge in [0.15, 0.2) is 0 Å². The van der Waals surface area contributed by atoms with E-state index >= 15 is 0 Å². The van der Waals surface area contributed by atoms with Crippen LogP contribution in [0.5, 0.6) is 11.5 Å². The Bertz CT molecular complexity index is 921. The predicted molar refractivity (Wildman–Crippen MR) is 105 cm³/mol. The van der Waals surface area contributed by atoms with E-state index in [4.69, 9.17) is 32.7 Å². The lowest BCUT2D eigenvalue weighted by molar-refractivity contribution is 0.405. The molecule has 0 saturated heterocycles. The largest absolute Gasteiger partial charge is 0.497 e. The van der Waals surface area contributed by atoms with E-state index in [0.29, 0.717) is 33.2 Å². The Kier molecular flexibility index (Phi) is 5.65. The summed E-state index contributed by atoms with van der Waals surface area (Å²) in [6, 6.07) is 12.5. The van der Waals surface area contributed by atoms with Gasteiger partial charge in [-0.2, -0.15) is 0 Å². The molecule has 0 unspecified atom stereocenters. The van der Waals surface area contributed by atoms with E-state index in [9.17, 15) is 0 Å².